The van der Waals surface area contributed by atoms with E-state index in [4.69, 9.17) is 0 Å². The van der Waals surface area contributed by atoms with Crippen molar-refractivity contribution in [1.29, 1.82) is 0 Å². The van der Waals surface area contributed by atoms with Gasteiger partial charge in [0.05, 0.1) is 6.67 Å². The van der Waals surface area contributed by atoms with Crippen molar-refractivity contribution >= 4 is 0 Å². The Morgan fingerprint density at radius 1 is 1.15 bits per heavy atom. The SMILES string of the molecule is CCN(CCCCF)CC(C)(C)C. The van der Waals surface area contributed by atoms with Crippen molar-refractivity contribution in [2.24, 2.45) is 5.41 Å². The maximum absolute atomic E-state index is 11.9. The third-order valence-corrected chi connectivity index (χ3v) is 2.00. The lowest BCUT2D eigenvalue weighted by atomic mass is 9.96. The van der Waals surface area contributed by atoms with Crippen LogP contribution < -0.4 is 0 Å². The Kier molecular flexibility index (Phi) is 6.31. The number of hydrogen-bond donors (Lipinski definition) is 0. The molecule has 0 aromatic rings. The van der Waals surface area contributed by atoms with Gasteiger partial charge in [0.25, 0.3) is 0 Å². The third-order valence-electron chi connectivity index (χ3n) is 2.00. The van der Waals surface area contributed by atoms with Gasteiger partial charge >= 0.3 is 0 Å². The van der Waals surface area contributed by atoms with Gasteiger partial charge in [-0.05, 0) is 31.3 Å². The highest BCUT2D eigenvalue weighted by Crippen LogP contribution is 2.15. The van der Waals surface area contributed by atoms with Crippen LogP contribution in [0.4, 0.5) is 4.39 Å². The summed E-state index contributed by atoms with van der Waals surface area (Å²) in [7, 11) is 0. The molecule has 0 unspecified atom stereocenters. The monoisotopic (exact) mass is 189 g/mol. The predicted molar refractivity (Wildman–Crippen MR) is 56.8 cm³/mol. The van der Waals surface area contributed by atoms with Gasteiger partial charge < -0.3 is 4.90 Å². The molecule has 13 heavy (non-hydrogen) atoms. The summed E-state index contributed by atoms with van der Waals surface area (Å²) in [6, 6.07) is 0. The summed E-state index contributed by atoms with van der Waals surface area (Å²) in [5.41, 5.74) is 0.353. The Labute approximate surface area is 82.3 Å². The largest absolute Gasteiger partial charge is 0.303 e. The minimum Gasteiger partial charge on any atom is -0.303 e. The average Bonchev–Trinajstić information content (AvgIpc) is 2.01. The highest BCUT2D eigenvalue weighted by atomic mass is 19.1. The first-order valence-electron chi connectivity index (χ1n) is 5.28. The molecule has 0 N–H and O–H groups in total. The first kappa shape index (κ1) is 12.9. The molecule has 0 aromatic carbocycles. The van der Waals surface area contributed by atoms with Crippen LogP contribution in [0.1, 0.15) is 40.5 Å². The van der Waals surface area contributed by atoms with E-state index in [1.165, 1.54) is 0 Å². The number of unbranched alkanes of at least 4 members (excludes halogenated alkanes) is 1. The van der Waals surface area contributed by atoms with E-state index in [1.807, 2.05) is 0 Å². The molecule has 80 valence electrons. The third kappa shape index (κ3) is 8.23. The van der Waals surface area contributed by atoms with E-state index < -0.39 is 0 Å². The summed E-state index contributed by atoms with van der Waals surface area (Å²) in [5.74, 6) is 0. The molecule has 0 rings (SSSR count). The molecule has 0 aliphatic carbocycles. The molecule has 0 aliphatic heterocycles. The van der Waals surface area contributed by atoms with Gasteiger partial charge in [0, 0.05) is 6.54 Å². The van der Waals surface area contributed by atoms with Crippen LogP contribution in [-0.2, 0) is 0 Å². The molecule has 0 heterocycles. The molecular formula is C11H24FN. The van der Waals surface area contributed by atoms with Gasteiger partial charge in [-0.3, -0.25) is 4.39 Å². The summed E-state index contributed by atoms with van der Waals surface area (Å²) >= 11 is 0. The van der Waals surface area contributed by atoms with Crippen LogP contribution in [0.5, 0.6) is 0 Å². The van der Waals surface area contributed by atoms with E-state index in [9.17, 15) is 4.39 Å². The van der Waals surface area contributed by atoms with E-state index in [2.05, 4.69) is 32.6 Å². The fraction of sp³-hybridized carbons (Fsp3) is 1.00. The molecule has 0 radical (unpaired) electrons. The average molecular weight is 189 g/mol. The van der Waals surface area contributed by atoms with Crippen LogP contribution in [-0.4, -0.2) is 31.2 Å². The first-order valence-corrected chi connectivity index (χ1v) is 5.28. The van der Waals surface area contributed by atoms with Crippen LogP contribution in [0.2, 0.25) is 0 Å². The number of rotatable bonds is 6. The zero-order chi connectivity index (χ0) is 10.3. The first-order chi connectivity index (χ1) is 5.99. The molecule has 0 atom stereocenters. The van der Waals surface area contributed by atoms with Crippen molar-refractivity contribution in [3.63, 3.8) is 0 Å². The van der Waals surface area contributed by atoms with E-state index >= 15 is 0 Å². The molecule has 0 spiro atoms. The molecule has 0 saturated heterocycles. The van der Waals surface area contributed by atoms with Crippen LogP contribution in [0, 0.1) is 5.41 Å². The molecule has 0 bridgehead atoms. The highest BCUT2D eigenvalue weighted by Gasteiger charge is 2.14. The molecular weight excluding hydrogens is 165 g/mol. The van der Waals surface area contributed by atoms with Crippen molar-refractivity contribution in [1.82, 2.24) is 4.90 Å². The normalized spacial score (nSPS) is 12.5. The summed E-state index contributed by atoms with van der Waals surface area (Å²) in [6.45, 7) is 11.9. The Morgan fingerprint density at radius 2 is 1.77 bits per heavy atom. The topological polar surface area (TPSA) is 3.24 Å². The van der Waals surface area contributed by atoms with E-state index in [0.29, 0.717) is 11.8 Å². The summed E-state index contributed by atoms with van der Waals surface area (Å²) in [4.78, 5) is 2.40. The second kappa shape index (κ2) is 6.36. The van der Waals surface area contributed by atoms with Gasteiger partial charge in [0.15, 0.2) is 0 Å². The van der Waals surface area contributed by atoms with Gasteiger partial charge in [-0.25, -0.2) is 0 Å². The van der Waals surface area contributed by atoms with Gasteiger partial charge in [0.2, 0.25) is 0 Å². The predicted octanol–water partition coefficient (Wildman–Crippen LogP) is 3.10. The second-order valence-electron chi connectivity index (χ2n) is 4.83. The summed E-state index contributed by atoms with van der Waals surface area (Å²) < 4.78 is 11.9. The molecule has 0 saturated carbocycles. The molecule has 0 aromatic heterocycles. The number of hydrogen-bond acceptors (Lipinski definition) is 1. The van der Waals surface area contributed by atoms with E-state index in [0.717, 1.165) is 26.1 Å². The Balaban J connectivity index is 3.63. The molecule has 0 amide bonds. The Hall–Kier alpha value is -0.110. The summed E-state index contributed by atoms with van der Waals surface area (Å²) in [6.07, 6.45) is 1.70. The fourth-order valence-corrected chi connectivity index (χ4v) is 1.45. The van der Waals surface area contributed by atoms with Gasteiger partial charge in [-0.1, -0.05) is 27.7 Å². The lowest BCUT2D eigenvalue weighted by Gasteiger charge is -2.28. The number of alkyl halides is 1. The lowest BCUT2D eigenvalue weighted by molar-refractivity contribution is 0.194. The summed E-state index contributed by atoms with van der Waals surface area (Å²) in [5, 5.41) is 0. The van der Waals surface area contributed by atoms with Crippen LogP contribution in [0.15, 0.2) is 0 Å². The quantitative estimate of drug-likeness (QED) is 0.580. The number of halogens is 1. The van der Waals surface area contributed by atoms with Crippen molar-refractivity contribution in [2.45, 2.75) is 40.5 Å². The highest BCUT2D eigenvalue weighted by molar-refractivity contribution is 4.68. The van der Waals surface area contributed by atoms with Crippen LogP contribution >= 0.6 is 0 Å². The Bertz CT molecular complexity index is 118. The molecule has 0 fully saturated rings. The minimum atomic E-state index is -0.174. The van der Waals surface area contributed by atoms with Crippen LogP contribution in [0.3, 0.4) is 0 Å². The Morgan fingerprint density at radius 3 is 2.15 bits per heavy atom. The van der Waals surface area contributed by atoms with Crippen LogP contribution in [0.25, 0.3) is 0 Å². The van der Waals surface area contributed by atoms with E-state index in [1.54, 1.807) is 0 Å². The maximum Gasteiger partial charge on any atom is 0.0894 e. The van der Waals surface area contributed by atoms with Crippen molar-refractivity contribution in [2.75, 3.05) is 26.3 Å². The van der Waals surface area contributed by atoms with Gasteiger partial charge in [0.1, 0.15) is 0 Å². The van der Waals surface area contributed by atoms with Gasteiger partial charge in [-0.15, -0.1) is 0 Å². The molecule has 0 aliphatic rings. The lowest BCUT2D eigenvalue weighted by Crippen LogP contribution is -2.33. The standard InChI is InChI=1S/C11H24FN/c1-5-13(9-7-6-8-12)10-11(2,3)4/h5-10H2,1-4H3. The van der Waals surface area contributed by atoms with Crippen molar-refractivity contribution < 1.29 is 4.39 Å². The fourth-order valence-electron chi connectivity index (χ4n) is 1.45. The maximum atomic E-state index is 11.9. The zero-order valence-corrected chi connectivity index (χ0v) is 9.57. The minimum absolute atomic E-state index is 0.174. The smallest absolute Gasteiger partial charge is 0.0894 e. The van der Waals surface area contributed by atoms with Crippen molar-refractivity contribution in [3.8, 4) is 0 Å². The second-order valence-corrected chi connectivity index (χ2v) is 4.83. The van der Waals surface area contributed by atoms with Gasteiger partial charge in [-0.2, -0.15) is 0 Å². The van der Waals surface area contributed by atoms with E-state index in [-0.39, 0.29) is 6.67 Å². The van der Waals surface area contributed by atoms with Crippen molar-refractivity contribution in [3.05, 3.63) is 0 Å². The number of nitrogens with zero attached hydrogens (tertiary/aromatic N) is 1. The zero-order valence-electron chi connectivity index (χ0n) is 9.57. The molecule has 1 nitrogen and oxygen atoms in total. The molecule has 2 heteroatoms.